The number of nitrogens with zero attached hydrogens (tertiary/aromatic N) is 6. The van der Waals surface area contributed by atoms with Crippen molar-refractivity contribution in [2.45, 2.75) is 27.2 Å². The molecule has 0 aromatic carbocycles. The molecule has 102 valence electrons. The first kappa shape index (κ1) is 13.7. The number of hydrogen-bond donors (Lipinski definition) is 0. The smallest absolute Gasteiger partial charge is 0.322 e. The fourth-order valence-electron chi connectivity index (χ4n) is 1.25. The van der Waals surface area contributed by atoms with Gasteiger partial charge in [0.1, 0.15) is 12.7 Å². The minimum atomic E-state index is 0.0614. The Balaban J connectivity index is 2.09. The Kier molecular flexibility index (Phi) is 3.94. The van der Waals surface area contributed by atoms with Gasteiger partial charge in [0.05, 0.1) is 6.61 Å². The maximum Gasteiger partial charge on any atom is 0.322 e. The van der Waals surface area contributed by atoms with E-state index < -0.39 is 0 Å². The summed E-state index contributed by atoms with van der Waals surface area (Å²) in [5.74, 6) is 0.281. The summed E-state index contributed by atoms with van der Waals surface area (Å²) in [6.07, 6.45) is 3.75. The lowest BCUT2D eigenvalue weighted by atomic mass is 9.93. The zero-order valence-corrected chi connectivity index (χ0v) is 11.8. The first-order valence-electron chi connectivity index (χ1n) is 5.83. The molecular weight excluding hydrogens is 268 g/mol. The minimum absolute atomic E-state index is 0.0614. The standard InChI is InChI=1S/C11H15ClN6O/c1-11(2,3)4-5-19-10-16-8(12)15-9(17-10)18-7-13-6-14-18/h6-7H,4-5H2,1-3H3. The topological polar surface area (TPSA) is 78.6 Å². The Hall–Kier alpha value is -1.76. The van der Waals surface area contributed by atoms with Crippen LogP contribution in [-0.2, 0) is 0 Å². The number of halogens is 1. The maximum atomic E-state index is 5.83. The van der Waals surface area contributed by atoms with Gasteiger partial charge in [0, 0.05) is 0 Å². The van der Waals surface area contributed by atoms with Crippen molar-refractivity contribution in [2.75, 3.05) is 6.61 Å². The van der Waals surface area contributed by atoms with Gasteiger partial charge in [-0.25, -0.2) is 4.98 Å². The van der Waals surface area contributed by atoms with E-state index in [-0.39, 0.29) is 22.7 Å². The molecule has 0 aliphatic heterocycles. The molecule has 0 N–H and O–H groups in total. The Labute approximate surface area is 116 Å². The van der Waals surface area contributed by atoms with Crippen LogP contribution in [-0.4, -0.2) is 36.3 Å². The van der Waals surface area contributed by atoms with Crippen molar-refractivity contribution in [3.05, 3.63) is 17.9 Å². The summed E-state index contributed by atoms with van der Waals surface area (Å²) in [7, 11) is 0. The van der Waals surface area contributed by atoms with Crippen LogP contribution in [0, 0.1) is 5.41 Å². The van der Waals surface area contributed by atoms with Gasteiger partial charge in [0.25, 0.3) is 5.95 Å². The van der Waals surface area contributed by atoms with Crippen molar-refractivity contribution in [3.8, 4) is 12.0 Å². The van der Waals surface area contributed by atoms with E-state index in [1.54, 1.807) is 0 Å². The van der Waals surface area contributed by atoms with E-state index >= 15 is 0 Å². The summed E-state index contributed by atoms with van der Waals surface area (Å²) in [5, 5.41) is 3.99. The van der Waals surface area contributed by atoms with Crippen LogP contribution in [0.2, 0.25) is 5.28 Å². The number of hydrogen-bond acceptors (Lipinski definition) is 6. The minimum Gasteiger partial charge on any atom is -0.463 e. The van der Waals surface area contributed by atoms with E-state index in [1.165, 1.54) is 17.3 Å². The predicted molar refractivity (Wildman–Crippen MR) is 69.3 cm³/mol. The summed E-state index contributed by atoms with van der Waals surface area (Å²) in [5.41, 5.74) is 0.186. The van der Waals surface area contributed by atoms with Gasteiger partial charge >= 0.3 is 6.01 Å². The monoisotopic (exact) mass is 282 g/mol. The Bertz CT molecular complexity index is 537. The highest BCUT2D eigenvalue weighted by atomic mass is 35.5. The summed E-state index contributed by atoms with van der Waals surface area (Å²) in [4.78, 5) is 15.8. The molecular formula is C11H15ClN6O. The molecule has 0 amide bonds. The van der Waals surface area contributed by atoms with Gasteiger partial charge in [-0.15, -0.1) is 0 Å². The summed E-state index contributed by atoms with van der Waals surface area (Å²) in [6.45, 7) is 6.92. The lowest BCUT2D eigenvalue weighted by Crippen LogP contribution is -2.13. The summed E-state index contributed by atoms with van der Waals surface area (Å²) < 4.78 is 6.89. The van der Waals surface area contributed by atoms with Crippen LogP contribution in [0.15, 0.2) is 12.7 Å². The molecule has 0 atom stereocenters. The van der Waals surface area contributed by atoms with Crippen molar-refractivity contribution in [1.29, 1.82) is 0 Å². The molecule has 7 nitrogen and oxygen atoms in total. The van der Waals surface area contributed by atoms with Gasteiger partial charge in [0.2, 0.25) is 5.28 Å². The second-order valence-electron chi connectivity index (χ2n) is 5.19. The van der Waals surface area contributed by atoms with Gasteiger partial charge in [-0.1, -0.05) is 20.8 Å². The molecule has 2 rings (SSSR count). The lowest BCUT2D eigenvalue weighted by molar-refractivity contribution is 0.228. The van der Waals surface area contributed by atoms with Crippen LogP contribution >= 0.6 is 11.6 Å². The predicted octanol–water partition coefficient (Wildman–Crippen LogP) is 1.92. The Morgan fingerprint density at radius 3 is 2.68 bits per heavy atom. The zero-order valence-electron chi connectivity index (χ0n) is 11.0. The fourth-order valence-corrected chi connectivity index (χ4v) is 1.40. The van der Waals surface area contributed by atoms with Crippen LogP contribution in [0.1, 0.15) is 27.2 Å². The molecule has 0 aliphatic rings. The molecule has 2 aromatic rings. The van der Waals surface area contributed by atoms with Gasteiger partial charge < -0.3 is 4.74 Å². The van der Waals surface area contributed by atoms with E-state index in [1.807, 2.05) is 0 Å². The Morgan fingerprint density at radius 2 is 2.05 bits per heavy atom. The molecule has 2 heterocycles. The molecule has 0 aliphatic carbocycles. The van der Waals surface area contributed by atoms with Crippen LogP contribution in [0.5, 0.6) is 6.01 Å². The van der Waals surface area contributed by atoms with Crippen molar-refractivity contribution in [3.63, 3.8) is 0 Å². The van der Waals surface area contributed by atoms with Crippen LogP contribution in [0.25, 0.3) is 5.95 Å². The van der Waals surface area contributed by atoms with Crippen LogP contribution in [0.3, 0.4) is 0 Å². The van der Waals surface area contributed by atoms with Gasteiger partial charge in [-0.05, 0) is 23.4 Å². The maximum absolute atomic E-state index is 5.83. The zero-order chi connectivity index (χ0) is 13.9. The third-order valence-corrected chi connectivity index (χ3v) is 2.45. The van der Waals surface area contributed by atoms with E-state index in [0.29, 0.717) is 6.61 Å². The first-order valence-corrected chi connectivity index (χ1v) is 6.21. The molecule has 0 bridgehead atoms. The summed E-state index contributed by atoms with van der Waals surface area (Å²) in [6, 6.07) is 0.190. The highest BCUT2D eigenvalue weighted by Gasteiger charge is 2.12. The van der Waals surface area contributed by atoms with Crippen LogP contribution < -0.4 is 4.74 Å². The van der Waals surface area contributed by atoms with Crippen molar-refractivity contribution in [2.24, 2.45) is 5.41 Å². The number of aromatic nitrogens is 6. The molecule has 19 heavy (non-hydrogen) atoms. The average Bonchev–Trinajstić information content (AvgIpc) is 2.79. The largest absolute Gasteiger partial charge is 0.463 e. The summed E-state index contributed by atoms with van der Waals surface area (Å²) >= 11 is 5.83. The molecule has 0 saturated heterocycles. The average molecular weight is 283 g/mol. The third kappa shape index (κ3) is 4.13. The van der Waals surface area contributed by atoms with Crippen molar-refractivity contribution in [1.82, 2.24) is 29.7 Å². The number of rotatable bonds is 4. The molecule has 8 heteroatoms. The molecule has 0 unspecified atom stereocenters. The van der Waals surface area contributed by atoms with Crippen molar-refractivity contribution >= 4 is 11.6 Å². The van der Waals surface area contributed by atoms with Crippen LogP contribution in [0.4, 0.5) is 0 Å². The highest BCUT2D eigenvalue weighted by Crippen LogP contribution is 2.19. The second-order valence-corrected chi connectivity index (χ2v) is 5.52. The molecule has 0 radical (unpaired) electrons. The lowest BCUT2D eigenvalue weighted by Gasteiger charge is -2.17. The highest BCUT2D eigenvalue weighted by molar-refractivity contribution is 6.28. The number of ether oxygens (including phenoxy) is 1. The Morgan fingerprint density at radius 1 is 1.26 bits per heavy atom. The molecule has 0 fully saturated rings. The fraction of sp³-hybridized carbons (Fsp3) is 0.545. The molecule has 2 aromatic heterocycles. The normalized spacial score (nSPS) is 11.6. The van der Waals surface area contributed by atoms with Gasteiger partial charge in [-0.2, -0.15) is 24.7 Å². The van der Waals surface area contributed by atoms with E-state index in [4.69, 9.17) is 16.3 Å². The van der Waals surface area contributed by atoms with E-state index in [9.17, 15) is 0 Å². The van der Waals surface area contributed by atoms with Crippen molar-refractivity contribution < 1.29 is 4.74 Å². The molecule has 0 saturated carbocycles. The van der Waals surface area contributed by atoms with Gasteiger partial charge in [-0.3, -0.25) is 0 Å². The van der Waals surface area contributed by atoms with E-state index in [0.717, 1.165) is 6.42 Å². The molecule has 0 spiro atoms. The first-order chi connectivity index (χ1) is 8.94. The van der Waals surface area contributed by atoms with E-state index in [2.05, 4.69) is 45.8 Å². The SMILES string of the molecule is CC(C)(C)CCOc1nc(Cl)nc(-n2cncn2)n1. The third-order valence-electron chi connectivity index (χ3n) is 2.28. The quantitative estimate of drug-likeness (QED) is 0.852. The second kappa shape index (κ2) is 5.48. The van der Waals surface area contributed by atoms with Gasteiger partial charge in [0.15, 0.2) is 0 Å².